The van der Waals surface area contributed by atoms with Crippen LogP contribution in [0.5, 0.6) is 11.5 Å². The third kappa shape index (κ3) is 2.78. The quantitative estimate of drug-likeness (QED) is 0.907. The molecule has 2 aromatic rings. The van der Waals surface area contributed by atoms with E-state index in [-0.39, 0.29) is 12.5 Å². The Morgan fingerprint density at radius 2 is 1.80 bits per heavy atom. The molecule has 0 amide bonds. The highest BCUT2D eigenvalue weighted by molar-refractivity contribution is 5.45. The Bertz CT molecular complexity index is 566. The summed E-state index contributed by atoms with van der Waals surface area (Å²) in [5, 5.41) is 9.31. The van der Waals surface area contributed by atoms with Gasteiger partial charge >= 0.3 is 0 Å². The van der Waals surface area contributed by atoms with Crippen LogP contribution < -0.4 is 9.47 Å². The first kappa shape index (κ1) is 13.0. The number of ether oxygens (including phenoxy) is 2. The molecule has 3 nitrogen and oxygen atoms in total. The largest absolute Gasteiger partial charge is 0.454 e. The maximum atomic E-state index is 9.31. The summed E-state index contributed by atoms with van der Waals surface area (Å²) in [5.74, 6) is 1.90. The van der Waals surface area contributed by atoms with Gasteiger partial charge in [-0.25, -0.2) is 0 Å². The average Bonchev–Trinajstić information content (AvgIpc) is 2.95. The van der Waals surface area contributed by atoms with Crippen molar-refractivity contribution in [3.05, 3.63) is 59.7 Å². The molecular weight excluding hydrogens is 252 g/mol. The predicted octanol–water partition coefficient (Wildman–Crippen LogP) is 3.12. The molecule has 0 saturated heterocycles. The number of hydrogen-bond acceptors (Lipinski definition) is 3. The Balaban J connectivity index is 1.83. The van der Waals surface area contributed by atoms with Crippen molar-refractivity contribution in [2.24, 2.45) is 0 Å². The van der Waals surface area contributed by atoms with E-state index in [1.807, 2.05) is 30.3 Å². The fourth-order valence-corrected chi connectivity index (χ4v) is 2.61. The van der Waals surface area contributed by atoms with E-state index >= 15 is 0 Å². The number of aliphatic hydroxyl groups excluding tert-OH is 1. The van der Waals surface area contributed by atoms with Gasteiger partial charge in [0.25, 0.3) is 0 Å². The van der Waals surface area contributed by atoms with Crippen LogP contribution in [0.3, 0.4) is 0 Å². The molecule has 1 aliphatic rings. The standard InChI is InChI=1S/C17H18O3/c18-9-8-15(10-13-4-2-1-3-5-13)14-6-7-16-17(11-14)20-12-19-16/h1-7,11,15,18H,8-10,12H2/t15-/m0/s1. The normalized spacial score (nSPS) is 14.2. The lowest BCUT2D eigenvalue weighted by Gasteiger charge is -2.17. The van der Waals surface area contributed by atoms with Crippen LogP contribution >= 0.6 is 0 Å². The lowest BCUT2D eigenvalue weighted by atomic mass is 9.89. The van der Waals surface area contributed by atoms with Gasteiger partial charge in [-0.1, -0.05) is 36.4 Å². The average molecular weight is 270 g/mol. The smallest absolute Gasteiger partial charge is 0.231 e. The summed E-state index contributed by atoms with van der Waals surface area (Å²) in [4.78, 5) is 0. The van der Waals surface area contributed by atoms with Crippen LogP contribution in [0.2, 0.25) is 0 Å². The second kappa shape index (κ2) is 5.97. The number of aliphatic hydroxyl groups is 1. The molecule has 0 spiro atoms. The second-order valence-corrected chi connectivity index (χ2v) is 5.01. The summed E-state index contributed by atoms with van der Waals surface area (Å²) in [6.45, 7) is 0.480. The topological polar surface area (TPSA) is 38.7 Å². The molecule has 0 fully saturated rings. The van der Waals surface area contributed by atoms with E-state index in [1.165, 1.54) is 11.1 Å². The van der Waals surface area contributed by atoms with Crippen molar-refractivity contribution in [1.82, 2.24) is 0 Å². The van der Waals surface area contributed by atoms with Crippen LogP contribution in [0.25, 0.3) is 0 Å². The van der Waals surface area contributed by atoms with Crippen LogP contribution in [-0.4, -0.2) is 18.5 Å². The monoisotopic (exact) mass is 270 g/mol. The molecule has 1 aliphatic heterocycles. The number of hydrogen-bond donors (Lipinski definition) is 1. The summed E-state index contributed by atoms with van der Waals surface area (Å²) in [5.41, 5.74) is 2.47. The Labute approximate surface area is 118 Å². The van der Waals surface area contributed by atoms with Crippen LogP contribution in [0, 0.1) is 0 Å². The fraction of sp³-hybridized carbons (Fsp3) is 0.294. The van der Waals surface area contributed by atoms with Gasteiger partial charge in [-0.2, -0.15) is 0 Å². The molecule has 0 bridgehead atoms. The molecule has 1 atom stereocenters. The molecule has 1 N–H and O–H groups in total. The van der Waals surface area contributed by atoms with Crippen molar-refractivity contribution in [2.45, 2.75) is 18.8 Å². The predicted molar refractivity (Wildman–Crippen MR) is 77.2 cm³/mol. The van der Waals surface area contributed by atoms with Gasteiger partial charge in [-0.3, -0.25) is 0 Å². The summed E-state index contributed by atoms with van der Waals surface area (Å²) in [7, 11) is 0. The van der Waals surface area contributed by atoms with Crippen molar-refractivity contribution in [3.63, 3.8) is 0 Å². The van der Waals surface area contributed by atoms with Gasteiger partial charge in [0.05, 0.1) is 0 Å². The molecule has 1 heterocycles. The third-order valence-corrected chi connectivity index (χ3v) is 3.67. The van der Waals surface area contributed by atoms with Gasteiger partial charge < -0.3 is 14.6 Å². The third-order valence-electron chi connectivity index (χ3n) is 3.67. The zero-order chi connectivity index (χ0) is 13.8. The Hall–Kier alpha value is -2.00. The lowest BCUT2D eigenvalue weighted by Crippen LogP contribution is -2.05. The maximum Gasteiger partial charge on any atom is 0.231 e. The van der Waals surface area contributed by atoms with Crippen LogP contribution in [0.4, 0.5) is 0 Å². The Morgan fingerprint density at radius 3 is 2.60 bits per heavy atom. The summed E-state index contributed by atoms with van der Waals surface area (Å²) >= 11 is 0. The number of fused-ring (bicyclic) bond motifs is 1. The highest BCUT2D eigenvalue weighted by Crippen LogP contribution is 2.36. The van der Waals surface area contributed by atoms with E-state index in [9.17, 15) is 5.11 Å². The summed E-state index contributed by atoms with van der Waals surface area (Å²) < 4.78 is 10.8. The molecule has 2 aromatic carbocycles. The van der Waals surface area contributed by atoms with Crippen LogP contribution in [-0.2, 0) is 6.42 Å². The van der Waals surface area contributed by atoms with Gasteiger partial charge in [0.15, 0.2) is 11.5 Å². The molecule has 3 rings (SSSR count). The SMILES string of the molecule is OCC[C@@H](Cc1ccccc1)c1ccc2c(c1)OCO2. The van der Waals surface area contributed by atoms with Crippen molar-refractivity contribution in [2.75, 3.05) is 13.4 Å². The van der Waals surface area contributed by atoms with Crippen LogP contribution in [0.1, 0.15) is 23.5 Å². The van der Waals surface area contributed by atoms with E-state index in [1.54, 1.807) is 0 Å². The van der Waals surface area contributed by atoms with Gasteiger partial charge in [-0.15, -0.1) is 0 Å². The van der Waals surface area contributed by atoms with Gasteiger partial charge in [0, 0.05) is 6.61 Å². The number of benzene rings is 2. The molecule has 0 aliphatic carbocycles. The summed E-state index contributed by atoms with van der Waals surface area (Å²) in [6, 6.07) is 16.4. The van der Waals surface area contributed by atoms with E-state index in [0.29, 0.717) is 6.79 Å². The van der Waals surface area contributed by atoms with Gasteiger partial charge in [-0.05, 0) is 42.0 Å². The number of rotatable bonds is 5. The molecule has 0 saturated carbocycles. The zero-order valence-electron chi connectivity index (χ0n) is 11.3. The van der Waals surface area contributed by atoms with E-state index in [0.717, 1.165) is 24.3 Å². The Morgan fingerprint density at radius 1 is 1.00 bits per heavy atom. The van der Waals surface area contributed by atoms with Crippen molar-refractivity contribution >= 4 is 0 Å². The Kier molecular flexibility index (Phi) is 3.88. The minimum absolute atomic E-state index is 0.186. The lowest BCUT2D eigenvalue weighted by molar-refractivity contribution is 0.174. The molecule has 20 heavy (non-hydrogen) atoms. The zero-order valence-corrected chi connectivity index (χ0v) is 11.3. The van der Waals surface area contributed by atoms with E-state index in [4.69, 9.17) is 9.47 Å². The van der Waals surface area contributed by atoms with Crippen LogP contribution in [0.15, 0.2) is 48.5 Å². The first-order chi connectivity index (χ1) is 9.86. The summed E-state index contributed by atoms with van der Waals surface area (Å²) in [6.07, 6.45) is 1.66. The van der Waals surface area contributed by atoms with Crippen molar-refractivity contribution < 1.29 is 14.6 Å². The highest BCUT2D eigenvalue weighted by atomic mass is 16.7. The second-order valence-electron chi connectivity index (χ2n) is 5.01. The van der Waals surface area contributed by atoms with Crippen molar-refractivity contribution in [3.8, 4) is 11.5 Å². The maximum absolute atomic E-state index is 9.31. The van der Waals surface area contributed by atoms with E-state index in [2.05, 4.69) is 18.2 Å². The molecule has 0 radical (unpaired) electrons. The molecule has 0 unspecified atom stereocenters. The van der Waals surface area contributed by atoms with Gasteiger partial charge in [0.1, 0.15) is 0 Å². The van der Waals surface area contributed by atoms with E-state index < -0.39 is 0 Å². The molecular formula is C17H18O3. The highest BCUT2D eigenvalue weighted by Gasteiger charge is 2.18. The first-order valence-corrected chi connectivity index (χ1v) is 6.91. The first-order valence-electron chi connectivity index (χ1n) is 6.91. The molecule has 104 valence electrons. The minimum atomic E-state index is 0.186. The molecule has 3 heteroatoms. The minimum Gasteiger partial charge on any atom is -0.454 e. The fourth-order valence-electron chi connectivity index (χ4n) is 2.61. The molecule has 0 aromatic heterocycles. The van der Waals surface area contributed by atoms with Gasteiger partial charge in [0.2, 0.25) is 6.79 Å². The van der Waals surface area contributed by atoms with Crippen molar-refractivity contribution in [1.29, 1.82) is 0 Å².